The molecule has 1 heterocycles. The Hall–Kier alpha value is -1.88. The number of rotatable bonds is 4. The van der Waals surface area contributed by atoms with E-state index in [1.165, 1.54) is 0 Å². The van der Waals surface area contributed by atoms with Gasteiger partial charge in [-0.25, -0.2) is 0 Å². The van der Waals surface area contributed by atoms with Crippen molar-refractivity contribution < 1.29 is 9.59 Å². The van der Waals surface area contributed by atoms with Crippen molar-refractivity contribution in [2.75, 3.05) is 19.6 Å². The summed E-state index contributed by atoms with van der Waals surface area (Å²) in [4.78, 5) is 26.0. The molecule has 0 aromatic heterocycles. The van der Waals surface area contributed by atoms with Crippen LogP contribution in [-0.4, -0.2) is 36.3 Å². The smallest absolute Gasteiger partial charge is 0.244 e. The average Bonchev–Trinajstić information content (AvgIpc) is 2.54. The highest BCUT2D eigenvalue weighted by atomic mass is 16.2. The number of carbonyl (C=O) groups is 2. The fourth-order valence-electron chi connectivity index (χ4n) is 2.68. The third-order valence-electron chi connectivity index (χ3n) is 3.95. The first kappa shape index (κ1) is 15.5. The monoisotopic (exact) mass is 289 g/mol. The van der Waals surface area contributed by atoms with Gasteiger partial charge >= 0.3 is 0 Å². The van der Waals surface area contributed by atoms with Crippen LogP contribution in [0.4, 0.5) is 0 Å². The van der Waals surface area contributed by atoms with Crippen LogP contribution in [0.3, 0.4) is 0 Å². The van der Waals surface area contributed by atoms with E-state index < -0.39 is 6.04 Å². The van der Waals surface area contributed by atoms with Crippen LogP contribution in [0.1, 0.15) is 31.4 Å². The number of likely N-dealkylation sites (tertiary alicyclic amines) is 1. The van der Waals surface area contributed by atoms with Crippen LogP contribution < -0.4 is 11.1 Å². The van der Waals surface area contributed by atoms with Crippen molar-refractivity contribution in [3.05, 3.63) is 35.9 Å². The number of nitrogens with two attached hydrogens (primary N) is 1. The maximum atomic E-state index is 12.4. The van der Waals surface area contributed by atoms with Crippen molar-refractivity contribution in [1.82, 2.24) is 10.2 Å². The zero-order chi connectivity index (χ0) is 15.2. The summed E-state index contributed by atoms with van der Waals surface area (Å²) in [6.07, 6.45) is 1.41. The average molecular weight is 289 g/mol. The van der Waals surface area contributed by atoms with E-state index in [0.29, 0.717) is 32.5 Å². The Balaban J connectivity index is 1.90. The molecule has 5 heteroatoms. The number of carbonyl (C=O) groups excluding carboxylic acids is 2. The molecule has 2 rings (SSSR count). The number of nitrogens with zero attached hydrogens (tertiary/aromatic N) is 1. The number of piperidine rings is 1. The summed E-state index contributed by atoms with van der Waals surface area (Å²) in [6, 6.07) is 8.77. The number of nitrogens with one attached hydrogen (secondary N) is 1. The van der Waals surface area contributed by atoms with Gasteiger partial charge in [0.1, 0.15) is 6.04 Å². The lowest BCUT2D eigenvalue weighted by atomic mass is 9.95. The van der Waals surface area contributed by atoms with Gasteiger partial charge in [-0.2, -0.15) is 0 Å². The highest BCUT2D eigenvalue weighted by molar-refractivity contribution is 5.84. The van der Waals surface area contributed by atoms with E-state index in [1.54, 1.807) is 4.90 Å². The lowest BCUT2D eigenvalue weighted by Gasteiger charge is -2.33. The Morgan fingerprint density at radius 1 is 1.29 bits per heavy atom. The van der Waals surface area contributed by atoms with Gasteiger partial charge in [-0.15, -0.1) is 0 Å². The third kappa shape index (κ3) is 3.82. The summed E-state index contributed by atoms with van der Waals surface area (Å²) >= 11 is 0. The maximum absolute atomic E-state index is 12.4. The van der Waals surface area contributed by atoms with Gasteiger partial charge in [0.05, 0.1) is 0 Å². The van der Waals surface area contributed by atoms with E-state index in [0.717, 1.165) is 5.56 Å². The molecule has 1 aliphatic rings. The van der Waals surface area contributed by atoms with Gasteiger partial charge in [-0.05, 0) is 25.3 Å². The first-order chi connectivity index (χ1) is 10.1. The number of amides is 2. The molecule has 0 radical (unpaired) electrons. The Morgan fingerprint density at radius 3 is 2.48 bits per heavy atom. The van der Waals surface area contributed by atoms with Gasteiger partial charge in [0.2, 0.25) is 11.8 Å². The van der Waals surface area contributed by atoms with Crippen LogP contribution in [0.5, 0.6) is 0 Å². The van der Waals surface area contributed by atoms with Crippen LogP contribution in [0.2, 0.25) is 0 Å². The van der Waals surface area contributed by atoms with Crippen molar-refractivity contribution >= 4 is 11.8 Å². The molecule has 0 unspecified atom stereocenters. The van der Waals surface area contributed by atoms with Crippen molar-refractivity contribution in [3.8, 4) is 0 Å². The van der Waals surface area contributed by atoms with Crippen molar-refractivity contribution in [2.24, 2.45) is 11.7 Å². The van der Waals surface area contributed by atoms with Crippen molar-refractivity contribution in [1.29, 1.82) is 0 Å². The van der Waals surface area contributed by atoms with Crippen LogP contribution in [-0.2, 0) is 9.59 Å². The van der Waals surface area contributed by atoms with E-state index in [4.69, 9.17) is 5.73 Å². The van der Waals surface area contributed by atoms with Gasteiger partial charge in [-0.3, -0.25) is 9.59 Å². The van der Waals surface area contributed by atoms with E-state index in [-0.39, 0.29) is 17.7 Å². The predicted molar refractivity (Wildman–Crippen MR) is 81.4 cm³/mol. The van der Waals surface area contributed by atoms with Gasteiger partial charge in [0.15, 0.2) is 0 Å². The van der Waals surface area contributed by atoms with E-state index in [9.17, 15) is 9.59 Å². The summed E-state index contributed by atoms with van der Waals surface area (Å²) in [5.41, 5.74) is 6.87. The zero-order valence-electron chi connectivity index (χ0n) is 12.4. The Kier molecular flexibility index (Phi) is 5.33. The second-order valence-corrected chi connectivity index (χ2v) is 5.38. The normalized spacial score (nSPS) is 17.3. The number of hydrogen-bond acceptors (Lipinski definition) is 3. The molecular formula is C16H23N3O2. The molecular weight excluding hydrogens is 266 g/mol. The van der Waals surface area contributed by atoms with E-state index in [2.05, 4.69) is 5.32 Å². The topological polar surface area (TPSA) is 75.4 Å². The summed E-state index contributed by atoms with van der Waals surface area (Å²) in [5, 5.41) is 2.84. The molecule has 2 amide bonds. The maximum Gasteiger partial charge on any atom is 0.244 e. The minimum atomic E-state index is -0.618. The lowest BCUT2D eigenvalue weighted by molar-refractivity contribution is -0.136. The highest BCUT2D eigenvalue weighted by Crippen LogP contribution is 2.21. The minimum Gasteiger partial charge on any atom is -0.356 e. The van der Waals surface area contributed by atoms with Crippen LogP contribution in [0.15, 0.2) is 30.3 Å². The van der Waals surface area contributed by atoms with Gasteiger partial charge in [-0.1, -0.05) is 30.3 Å². The molecule has 5 nitrogen and oxygen atoms in total. The molecule has 1 aliphatic heterocycles. The van der Waals surface area contributed by atoms with Crippen LogP contribution in [0, 0.1) is 5.92 Å². The summed E-state index contributed by atoms with van der Waals surface area (Å²) in [7, 11) is 0. The fourth-order valence-corrected chi connectivity index (χ4v) is 2.68. The van der Waals surface area contributed by atoms with E-state index in [1.807, 2.05) is 37.3 Å². The summed E-state index contributed by atoms with van der Waals surface area (Å²) in [6.45, 7) is 3.76. The van der Waals surface area contributed by atoms with Gasteiger partial charge < -0.3 is 16.0 Å². The molecule has 114 valence electrons. The van der Waals surface area contributed by atoms with Gasteiger partial charge in [0, 0.05) is 25.6 Å². The quantitative estimate of drug-likeness (QED) is 0.870. The van der Waals surface area contributed by atoms with Crippen molar-refractivity contribution in [2.45, 2.75) is 25.8 Å². The molecule has 0 saturated carbocycles. The van der Waals surface area contributed by atoms with Crippen LogP contribution in [0.25, 0.3) is 0 Å². The predicted octanol–water partition coefficient (Wildman–Crippen LogP) is 1.06. The largest absolute Gasteiger partial charge is 0.356 e. The first-order valence-electron chi connectivity index (χ1n) is 7.50. The molecule has 1 aromatic carbocycles. The molecule has 3 N–H and O–H groups in total. The molecule has 1 saturated heterocycles. The Bertz CT molecular complexity index is 482. The van der Waals surface area contributed by atoms with E-state index >= 15 is 0 Å². The Morgan fingerprint density at radius 2 is 1.90 bits per heavy atom. The van der Waals surface area contributed by atoms with Crippen molar-refractivity contribution in [3.63, 3.8) is 0 Å². The summed E-state index contributed by atoms with van der Waals surface area (Å²) in [5.74, 6) is 0.0504. The molecule has 1 fully saturated rings. The number of benzene rings is 1. The number of hydrogen-bond donors (Lipinski definition) is 2. The molecule has 1 aromatic rings. The third-order valence-corrected chi connectivity index (χ3v) is 3.95. The Labute approximate surface area is 125 Å². The second kappa shape index (κ2) is 7.22. The molecule has 0 aliphatic carbocycles. The standard InChI is InChI=1S/C16H23N3O2/c1-2-18-15(20)13-8-10-19(11-9-13)16(21)14(17)12-6-4-3-5-7-12/h3-7,13-14H,2,8-11,17H2,1H3,(H,18,20)/t14-/m1/s1. The second-order valence-electron chi connectivity index (χ2n) is 5.38. The first-order valence-corrected chi connectivity index (χ1v) is 7.50. The molecule has 0 spiro atoms. The SMILES string of the molecule is CCNC(=O)C1CCN(C(=O)[C@H](N)c2ccccc2)CC1. The minimum absolute atomic E-state index is 0.0157. The molecule has 21 heavy (non-hydrogen) atoms. The summed E-state index contributed by atoms with van der Waals surface area (Å²) < 4.78 is 0. The lowest BCUT2D eigenvalue weighted by Crippen LogP contribution is -2.46. The van der Waals surface area contributed by atoms with Gasteiger partial charge in [0.25, 0.3) is 0 Å². The fraction of sp³-hybridized carbons (Fsp3) is 0.500. The molecule has 1 atom stereocenters. The zero-order valence-corrected chi connectivity index (χ0v) is 12.4. The van der Waals surface area contributed by atoms with Crippen LogP contribution >= 0.6 is 0 Å². The highest BCUT2D eigenvalue weighted by Gasteiger charge is 2.29. The molecule has 0 bridgehead atoms.